The molecule has 0 aliphatic carbocycles. The lowest BCUT2D eigenvalue weighted by molar-refractivity contribution is -0.123. The summed E-state index contributed by atoms with van der Waals surface area (Å²) in [5, 5.41) is 6.24. The van der Waals surface area contributed by atoms with Gasteiger partial charge in [0, 0.05) is 22.8 Å². The number of carbonyl (C=O) groups excluding carboxylic acids is 2. The molecule has 0 atom stereocenters. The Hall–Kier alpha value is -3.31. The van der Waals surface area contributed by atoms with Gasteiger partial charge < -0.3 is 15.4 Å². The van der Waals surface area contributed by atoms with E-state index in [9.17, 15) is 9.59 Å². The molecule has 0 saturated heterocycles. The summed E-state index contributed by atoms with van der Waals surface area (Å²) in [5.41, 5.74) is 2.18. The highest BCUT2D eigenvalue weighted by Gasteiger charge is 2.07. The lowest BCUT2D eigenvalue weighted by Crippen LogP contribution is -2.28. The molecule has 28 heavy (non-hydrogen) atoms. The average molecular weight is 395 g/mol. The van der Waals surface area contributed by atoms with Gasteiger partial charge in [-0.2, -0.15) is 0 Å². The Labute approximate surface area is 168 Å². The van der Waals surface area contributed by atoms with Crippen LogP contribution in [-0.2, 0) is 11.3 Å². The van der Waals surface area contributed by atoms with E-state index in [0.29, 0.717) is 22.9 Å². The second kappa shape index (κ2) is 9.58. The predicted molar refractivity (Wildman–Crippen MR) is 110 cm³/mol. The molecule has 0 spiro atoms. The second-order valence-electron chi connectivity index (χ2n) is 6.04. The highest BCUT2D eigenvalue weighted by atomic mass is 35.5. The lowest BCUT2D eigenvalue weighted by atomic mass is 10.2. The molecular weight excluding hydrogens is 376 g/mol. The topological polar surface area (TPSA) is 67.4 Å². The van der Waals surface area contributed by atoms with Crippen LogP contribution in [0.4, 0.5) is 5.69 Å². The second-order valence-corrected chi connectivity index (χ2v) is 6.47. The smallest absolute Gasteiger partial charge is 0.258 e. The first kappa shape index (κ1) is 19.5. The number of hydrogen-bond acceptors (Lipinski definition) is 3. The van der Waals surface area contributed by atoms with E-state index in [4.69, 9.17) is 16.3 Å². The van der Waals surface area contributed by atoms with Crippen LogP contribution in [0.15, 0.2) is 78.9 Å². The van der Waals surface area contributed by atoms with Crippen molar-refractivity contribution in [2.24, 2.45) is 0 Å². The predicted octanol–water partition coefficient (Wildman–Crippen LogP) is 4.29. The molecule has 142 valence electrons. The maximum atomic E-state index is 12.2. The van der Waals surface area contributed by atoms with Crippen LogP contribution in [0.25, 0.3) is 0 Å². The van der Waals surface area contributed by atoms with Crippen molar-refractivity contribution in [2.45, 2.75) is 6.54 Å². The van der Waals surface area contributed by atoms with Gasteiger partial charge in [0.15, 0.2) is 6.61 Å². The van der Waals surface area contributed by atoms with Crippen LogP contribution in [0.1, 0.15) is 15.9 Å². The summed E-state index contributed by atoms with van der Waals surface area (Å²) in [6.45, 7) is 0.293. The Balaban J connectivity index is 1.45. The van der Waals surface area contributed by atoms with Crippen molar-refractivity contribution in [3.63, 3.8) is 0 Å². The van der Waals surface area contributed by atoms with E-state index in [2.05, 4.69) is 10.6 Å². The summed E-state index contributed by atoms with van der Waals surface area (Å²) in [7, 11) is 0. The molecule has 0 fully saturated rings. The number of halogens is 1. The molecule has 0 unspecified atom stereocenters. The quantitative estimate of drug-likeness (QED) is 0.628. The van der Waals surface area contributed by atoms with Gasteiger partial charge in [-0.05, 0) is 54.1 Å². The van der Waals surface area contributed by atoms with Gasteiger partial charge in [0.05, 0.1) is 0 Å². The van der Waals surface area contributed by atoms with E-state index in [0.717, 1.165) is 11.3 Å². The van der Waals surface area contributed by atoms with Gasteiger partial charge in [-0.3, -0.25) is 9.59 Å². The molecule has 2 amide bonds. The average Bonchev–Trinajstić information content (AvgIpc) is 2.73. The Kier molecular flexibility index (Phi) is 6.65. The molecule has 0 saturated carbocycles. The Morgan fingerprint density at radius 2 is 1.54 bits per heavy atom. The van der Waals surface area contributed by atoms with Crippen LogP contribution in [0, 0.1) is 0 Å². The van der Waals surface area contributed by atoms with Gasteiger partial charge in [-0.25, -0.2) is 0 Å². The number of hydrogen-bond donors (Lipinski definition) is 2. The minimum absolute atomic E-state index is 0.108. The monoisotopic (exact) mass is 394 g/mol. The zero-order valence-corrected chi connectivity index (χ0v) is 15.8. The molecule has 0 aliphatic rings. The third-order valence-corrected chi connectivity index (χ3v) is 4.17. The van der Waals surface area contributed by atoms with Crippen molar-refractivity contribution < 1.29 is 14.3 Å². The van der Waals surface area contributed by atoms with Gasteiger partial charge in [0.1, 0.15) is 5.75 Å². The fraction of sp³-hybridized carbons (Fsp3) is 0.0909. The largest absolute Gasteiger partial charge is 0.484 e. The summed E-state index contributed by atoms with van der Waals surface area (Å²) in [4.78, 5) is 24.1. The van der Waals surface area contributed by atoms with Gasteiger partial charge >= 0.3 is 0 Å². The first-order valence-corrected chi connectivity index (χ1v) is 9.08. The van der Waals surface area contributed by atoms with E-state index in [-0.39, 0.29) is 18.4 Å². The number of amides is 2. The number of benzene rings is 3. The van der Waals surface area contributed by atoms with Crippen molar-refractivity contribution >= 4 is 29.1 Å². The summed E-state index contributed by atoms with van der Waals surface area (Å²) < 4.78 is 5.46. The first-order chi connectivity index (χ1) is 13.6. The maximum Gasteiger partial charge on any atom is 0.258 e. The minimum atomic E-state index is -0.235. The van der Waals surface area contributed by atoms with Crippen molar-refractivity contribution in [3.05, 3.63) is 95.0 Å². The van der Waals surface area contributed by atoms with E-state index in [1.807, 2.05) is 42.5 Å². The van der Waals surface area contributed by atoms with Gasteiger partial charge in [0.25, 0.3) is 11.8 Å². The lowest BCUT2D eigenvalue weighted by Gasteiger charge is -2.09. The number of nitrogens with one attached hydrogen (secondary N) is 2. The van der Waals surface area contributed by atoms with E-state index in [1.54, 1.807) is 36.4 Å². The number of ether oxygens (including phenoxy) is 1. The summed E-state index contributed by atoms with van der Waals surface area (Å²) in [6, 6.07) is 23.1. The zero-order valence-electron chi connectivity index (χ0n) is 15.0. The standard InChI is InChI=1S/C22H19ClN2O3/c23-18-10-6-16(7-11-18)14-24-21(26)15-28-20-12-8-17(9-13-20)22(27)25-19-4-2-1-3-5-19/h1-13H,14-15H2,(H,24,26)(H,25,27). The fourth-order valence-electron chi connectivity index (χ4n) is 2.43. The molecule has 0 bridgehead atoms. The Morgan fingerprint density at radius 3 is 2.21 bits per heavy atom. The molecule has 0 aliphatic heterocycles. The molecule has 0 aromatic heterocycles. The Bertz CT molecular complexity index is 926. The highest BCUT2D eigenvalue weighted by molar-refractivity contribution is 6.30. The molecular formula is C22H19ClN2O3. The molecule has 3 rings (SSSR count). The third-order valence-electron chi connectivity index (χ3n) is 3.92. The van der Waals surface area contributed by atoms with Gasteiger partial charge in [-0.1, -0.05) is 41.9 Å². The summed E-state index contributed by atoms with van der Waals surface area (Å²) in [6.07, 6.45) is 0. The number of rotatable bonds is 7. The van der Waals surface area contributed by atoms with E-state index < -0.39 is 0 Å². The highest BCUT2D eigenvalue weighted by Crippen LogP contribution is 2.14. The van der Waals surface area contributed by atoms with Crippen LogP contribution >= 0.6 is 11.6 Å². The molecule has 2 N–H and O–H groups in total. The normalized spacial score (nSPS) is 10.2. The fourth-order valence-corrected chi connectivity index (χ4v) is 2.56. The molecule has 3 aromatic carbocycles. The molecule has 6 heteroatoms. The molecule has 5 nitrogen and oxygen atoms in total. The van der Waals surface area contributed by atoms with E-state index >= 15 is 0 Å². The SMILES string of the molecule is O=C(COc1ccc(C(=O)Nc2ccccc2)cc1)NCc1ccc(Cl)cc1. The van der Waals surface area contributed by atoms with Crippen LogP contribution < -0.4 is 15.4 Å². The van der Waals surface area contributed by atoms with Crippen molar-refractivity contribution in [3.8, 4) is 5.75 Å². The maximum absolute atomic E-state index is 12.2. The minimum Gasteiger partial charge on any atom is -0.484 e. The third kappa shape index (κ3) is 5.86. The summed E-state index contributed by atoms with van der Waals surface area (Å²) in [5.74, 6) is 0.0669. The number of carbonyl (C=O) groups is 2. The molecule has 3 aromatic rings. The zero-order chi connectivity index (χ0) is 19.8. The van der Waals surface area contributed by atoms with Gasteiger partial charge in [-0.15, -0.1) is 0 Å². The van der Waals surface area contributed by atoms with Crippen LogP contribution in [0.3, 0.4) is 0 Å². The van der Waals surface area contributed by atoms with Crippen LogP contribution in [-0.4, -0.2) is 18.4 Å². The summed E-state index contributed by atoms with van der Waals surface area (Å²) >= 11 is 5.83. The van der Waals surface area contributed by atoms with Gasteiger partial charge in [0.2, 0.25) is 0 Å². The Morgan fingerprint density at radius 1 is 0.857 bits per heavy atom. The first-order valence-electron chi connectivity index (χ1n) is 8.70. The van der Waals surface area contributed by atoms with E-state index in [1.165, 1.54) is 0 Å². The number of para-hydroxylation sites is 1. The molecule has 0 radical (unpaired) electrons. The molecule has 0 heterocycles. The van der Waals surface area contributed by atoms with Crippen LogP contribution in [0.2, 0.25) is 5.02 Å². The number of anilines is 1. The van der Waals surface area contributed by atoms with Crippen molar-refractivity contribution in [2.75, 3.05) is 11.9 Å². The van der Waals surface area contributed by atoms with Crippen LogP contribution in [0.5, 0.6) is 5.75 Å². The van der Waals surface area contributed by atoms with Crippen molar-refractivity contribution in [1.82, 2.24) is 5.32 Å². The van der Waals surface area contributed by atoms with Crippen molar-refractivity contribution in [1.29, 1.82) is 0 Å².